The zero-order chi connectivity index (χ0) is 31.0. The maximum atomic E-state index is 12.4. The van der Waals surface area contributed by atoms with Crippen LogP contribution in [-0.2, 0) is 65.0 Å². The average Bonchev–Trinajstić information content (AvgIpc) is 2.92. The Morgan fingerprint density at radius 3 is 1.69 bits per heavy atom. The zero-order valence-electron chi connectivity index (χ0n) is 23.8. The molecule has 230 valence electrons. The number of esters is 4. The molecule has 0 amide bonds. The number of likely N-dealkylation sites (N-methyl/N-ethyl adjacent to an activating group) is 1. The van der Waals surface area contributed by atoms with Crippen molar-refractivity contribution in [2.75, 3.05) is 47.5 Å². The van der Waals surface area contributed by atoms with Crippen molar-refractivity contribution < 1.29 is 61.1 Å². The van der Waals surface area contributed by atoms with Gasteiger partial charge < -0.3 is 28.3 Å². The molecule has 2 aromatic rings. The van der Waals surface area contributed by atoms with Gasteiger partial charge in [0, 0.05) is 0 Å². The monoisotopic (exact) mass is 610 g/mol. The summed E-state index contributed by atoms with van der Waals surface area (Å²) in [6.07, 6.45) is -2.92. The molecule has 14 heteroatoms. The third-order valence-corrected chi connectivity index (χ3v) is 6.22. The zero-order valence-corrected chi connectivity index (χ0v) is 24.7. The second-order valence-corrected chi connectivity index (χ2v) is 11.5. The van der Waals surface area contributed by atoms with Crippen LogP contribution in [0.25, 0.3) is 0 Å². The van der Waals surface area contributed by atoms with Crippen LogP contribution in [0.2, 0.25) is 0 Å². The van der Waals surface area contributed by atoms with Crippen LogP contribution in [0.15, 0.2) is 60.7 Å². The first-order valence-electron chi connectivity index (χ1n) is 13.0. The summed E-state index contributed by atoms with van der Waals surface area (Å²) in [6, 6.07) is 17.6. The van der Waals surface area contributed by atoms with E-state index < -0.39 is 63.9 Å². The van der Waals surface area contributed by atoms with Gasteiger partial charge in [-0.3, -0.25) is 28.2 Å². The van der Waals surface area contributed by atoms with E-state index in [9.17, 15) is 28.6 Å². The van der Waals surface area contributed by atoms with Gasteiger partial charge in [-0.2, -0.15) is 0 Å². The van der Waals surface area contributed by atoms with E-state index in [1.807, 2.05) is 21.1 Å². The molecule has 2 unspecified atom stereocenters. The maximum absolute atomic E-state index is 12.4. The molecular formula is C28H37NO12P+. The predicted molar refractivity (Wildman–Crippen MR) is 147 cm³/mol. The number of phosphoric acid groups is 1. The summed E-state index contributed by atoms with van der Waals surface area (Å²) >= 11 is 0. The number of rotatable bonds is 18. The van der Waals surface area contributed by atoms with E-state index in [1.165, 1.54) is 0 Å². The first-order chi connectivity index (χ1) is 19.8. The quantitative estimate of drug-likeness (QED) is 0.0865. The van der Waals surface area contributed by atoms with Gasteiger partial charge in [0.2, 0.25) is 0 Å². The molecule has 0 saturated heterocycles. The SMILES string of the molecule is C[N+](C)(C)CCOP(=O)(O)OCC(COC(=O)CC(=O)OCc1ccccc1)OC(=O)CC(=O)OCc1ccccc1. The van der Waals surface area contributed by atoms with Crippen LogP contribution in [0.3, 0.4) is 0 Å². The van der Waals surface area contributed by atoms with Crippen LogP contribution in [0.5, 0.6) is 0 Å². The number of quaternary nitrogens is 1. The van der Waals surface area contributed by atoms with E-state index in [-0.39, 0.29) is 19.8 Å². The Kier molecular flexibility index (Phi) is 14.3. The second kappa shape index (κ2) is 17.4. The van der Waals surface area contributed by atoms with Gasteiger partial charge in [0.25, 0.3) is 0 Å². The minimum atomic E-state index is -4.56. The van der Waals surface area contributed by atoms with Crippen molar-refractivity contribution in [1.29, 1.82) is 0 Å². The average molecular weight is 611 g/mol. The summed E-state index contributed by atoms with van der Waals surface area (Å²) in [4.78, 5) is 58.6. The number of benzene rings is 2. The van der Waals surface area contributed by atoms with E-state index in [2.05, 4.69) is 0 Å². The molecule has 0 fully saturated rings. The smallest absolute Gasteiger partial charge is 0.461 e. The molecule has 0 radical (unpaired) electrons. The van der Waals surface area contributed by atoms with Crippen LogP contribution in [0, 0.1) is 0 Å². The largest absolute Gasteiger partial charge is 0.472 e. The van der Waals surface area contributed by atoms with Crippen molar-refractivity contribution in [2.24, 2.45) is 0 Å². The lowest BCUT2D eigenvalue weighted by Crippen LogP contribution is -2.37. The molecule has 2 rings (SSSR count). The fraction of sp³-hybridized carbons (Fsp3) is 0.429. The summed E-state index contributed by atoms with van der Waals surface area (Å²) in [6.45, 7) is -1.16. The molecule has 0 saturated carbocycles. The first kappa shape index (κ1) is 34.6. The molecule has 0 aliphatic rings. The van der Waals surface area contributed by atoms with Crippen molar-refractivity contribution in [3.8, 4) is 0 Å². The standard InChI is InChI=1S/C28H36NO12P/c1-29(2,3)14-15-39-42(34,35)40-21-24(41-28(33)17-27(32)37-19-23-12-8-5-9-13-23)20-38-26(31)16-25(30)36-18-22-10-6-4-7-11-22/h4-13,24H,14-21H2,1-3H3/p+1. The first-order valence-corrected chi connectivity index (χ1v) is 14.5. The van der Waals surface area contributed by atoms with Gasteiger partial charge in [-0.25, -0.2) is 4.57 Å². The molecule has 1 N–H and O–H groups in total. The summed E-state index contributed by atoms with van der Waals surface area (Å²) in [7, 11) is 1.02. The van der Waals surface area contributed by atoms with E-state index in [4.69, 9.17) is 28.0 Å². The normalized spacial score (nSPS) is 13.3. The fourth-order valence-electron chi connectivity index (χ4n) is 3.04. The minimum absolute atomic E-state index is 0.0404. The number of carbonyl (C=O) groups is 4. The Bertz CT molecular complexity index is 1200. The molecular weight excluding hydrogens is 573 g/mol. The highest BCUT2D eigenvalue weighted by Gasteiger charge is 2.28. The third kappa shape index (κ3) is 16.0. The number of hydrogen-bond donors (Lipinski definition) is 1. The van der Waals surface area contributed by atoms with Gasteiger partial charge in [0.1, 0.15) is 45.8 Å². The number of nitrogens with zero attached hydrogens (tertiary/aromatic N) is 1. The van der Waals surface area contributed by atoms with E-state index >= 15 is 0 Å². The third-order valence-electron chi connectivity index (χ3n) is 5.23. The Morgan fingerprint density at radius 1 is 0.714 bits per heavy atom. The summed E-state index contributed by atoms with van der Waals surface area (Å²) in [5, 5.41) is 0. The Labute approximate surface area is 244 Å². The summed E-state index contributed by atoms with van der Waals surface area (Å²) < 4.78 is 42.8. The van der Waals surface area contributed by atoms with E-state index in [0.29, 0.717) is 16.6 Å². The number of phosphoric ester groups is 1. The fourth-order valence-corrected chi connectivity index (χ4v) is 3.78. The highest BCUT2D eigenvalue weighted by Crippen LogP contribution is 2.43. The molecule has 0 aromatic heterocycles. The molecule has 2 aromatic carbocycles. The van der Waals surface area contributed by atoms with Crippen LogP contribution >= 0.6 is 7.82 Å². The van der Waals surface area contributed by atoms with E-state index in [1.54, 1.807) is 60.7 Å². The summed E-state index contributed by atoms with van der Waals surface area (Å²) in [5.41, 5.74) is 1.44. The number of ether oxygens (including phenoxy) is 4. The van der Waals surface area contributed by atoms with Crippen LogP contribution < -0.4 is 0 Å². The predicted octanol–water partition coefficient (Wildman–Crippen LogP) is 2.55. The molecule has 2 atom stereocenters. The number of hydrogen-bond acceptors (Lipinski definition) is 11. The topological polar surface area (TPSA) is 161 Å². The highest BCUT2D eigenvalue weighted by molar-refractivity contribution is 7.47. The van der Waals surface area contributed by atoms with Gasteiger partial charge in [0.05, 0.1) is 27.7 Å². The van der Waals surface area contributed by atoms with Gasteiger partial charge in [0.15, 0.2) is 6.10 Å². The van der Waals surface area contributed by atoms with Crippen molar-refractivity contribution in [2.45, 2.75) is 32.2 Å². The second-order valence-electron chi connectivity index (χ2n) is 10.1. The van der Waals surface area contributed by atoms with Gasteiger partial charge in [-0.15, -0.1) is 0 Å². The number of carbonyl (C=O) groups excluding carboxylic acids is 4. The van der Waals surface area contributed by atoms with E-state index in [0.717, 1.165) is 5.56 Å². The Balaban J connectivity index is 1.88. The Morgan fingerprint density at radius 2 is 1.19 bits per heavy atom. The van der Waals surface area contributed by atoms with Crippen molar-refractivity contribution in [1.82, 2.24) is 0 Å². The van der Waals surface area contributed by atoms with Crippen molar-refractivity contribution >= 4 is 31.7 Å². The highest BCUT2D eigenvalue weighted by atomic mass is 31.2. The molecule has 13 nitrogen and oxygen atoms in total. The van der Waals surface area contributed by atoms with Crippen molar-refractivity contribution in [3.05, 3.63) is 71.8 Å². The Hall–Kier alpha value is -3.61. The maximum Gasteiger partial charge on any atom is 0.472 e. The molecule has 0 heterocycles. The van der Waals surface area contributed by atoms with Crippen LogP contribution in [0.4, 0.5) is 0 Å². The minimum Gasteiger partial charge on any atom is -0.461 e. The molecule has 0 aliphatic heterocycles. The molecule has 0 aliphatic carbocycles. The van der Waals surface area contributed by atoms with Crippen LogP contribution in [-0.4, -0.2) is 86.9 Å². The van der Waals surface area contributed by atoms with Gasteiger partial charge in [-0.1, -0.05) is 60.7 Å². The lowest BCUT2D eigenvalue weighted by molar-refractivity contribution is -0.870. The van der Waals surface area contributed by atoms with Gasteiger partial charge >= 0.3 is 31.7 Å². The van der Waals surface area contributed by atoms with Crippen molar-refractivity contribution in [3.63, 3.8) is 0 Å². The van der Waals surface area contributed by atoms with Gasteiger partial charge in [-0.05, 0) is 11.1 Å². The lowest BCUT2D eigenvalue weighted by Gasteiger charge is -2.24. The molecule has 0 bridgehead atoms. The molecule has 0 spiro atoms. The summed E-state index contributed by atoms with van der Waals surface area (Å²) in [5.74, 6) is -3.78. The lowest BCUT2D eigenvalue weighted by atomic mass is 10.2. The van der Waals surface area contributed by atoms with Crippen LogP contribution in [0.1, 0.15) is 24.0 Å². The molecule has 42 heavy (non-hydrogen) atoms.